The molecule has 0 saturated carbocycles. The molecule has 1 atom stereocenters. The zero-order valence-electron chi connectivity index (χ0n) is 15.1. The molecular weight excluding hydrogens is 350 g/mol. The predicted octanol–water partition coefficient (Wildman–Crippen LogP) is 1.75. The van der Waals surface area contributed by atoms with Crippen molar-refractivity contribution in [2.45, 2.75) is 38.9 Å². The Morgan fingerprint density at radius 3 is 3.04 bits per heavy atom. The number of amides is 1. The van der Waals surface area contributed by atoms with E-state index in [2.05, 4.69) is 25.7 Å². The molecule has 1 N–H and O–H groups in total. The summed E-state index contributed by atoms with van der Waals surface area (Å²) in [6, 6.07) is 1.71. The highest BCUT2D eigenvalue weighted by molar-refractivity contribution is 7.09. The Balaban J connectivity index is 1.41. The van der Waals surface area contributed by atoms with Gasteiger partial charge in [-0.05, 0) is 31.7 Å². The Bertz CT molecular complexity index is 752. The second-order valence-electron chi connectivity index (χ2n) is 7.11. The van der Waals surface area contributed by atoms with E-state index in [1.807, 2.05) is 17.7 Å². The molecule has 0 aromatic carbocycles. The van der Waals surface area contributed by atoms with E-state index in [1.165, 1.54) is 0 Å². The Labute approximate surface area is 157 Å². The van der Waals surface area contributed by atoms with Gasteiger partial charge in [-0.2, -0.15) is 5.10 Å². The fourth-order valence-electron chi connectivity index (χ4n) is 3.70. The maximum Gasteiger partial charge on any atom is 0.246 e. The highest BCUT2D eigenvalue weighted by Gasteiger charge is 2.31. The number of thiazole rings is 1. The van der Waals surface area contributed by atoms with Crippen molar-refractivity contribution in [1.82, 2.24) is 25.0 Å². The molecular formula is C18H25N5O2S. The molecule has 1 fully saturated rings. The zero-order chi connectivity index (χ0) is 17.9. The summed E-state index contributed by atoms with van der Waals surface area (Å²) in [6.45, 7) is 6.55. The van der Waals surface area contributed by atoms with Gasteiger partial charge in [0.25, 0.3) is 0 Å². The van der Waals surface area contributed by atoms with Crippen molar-refractivity contribution >= 4 is 17.2 Å². The number of fused-ring (bicyclic) bond motifs is 1. The van der Waals surface area contributed by atoms with Crippen LogP contribution in [0, 0.1) is 12.8 Å². The number of rotatable bonds is 5. The lowest BCUT2D eigenvalue weighted by Gasteiger charge is -2.33. The minimum Gasteiger partial charge on any atom is -0.381 e. The number of nitrogens with zero attached hydrogens (tertiary/aromatic N) is 4. The Morgan fingerprint density at radius 2 is 2.27 bits per heavy atom. The first kappa shape index (κ1) is 17.6. The molecule has 1 amide bonds. The normalized spacial score (nSPS) is 21.5. The van der Waals surface area contributed by atoms with Crippen LogP contribution in [0.4, 0.5) is 0 Å². The van der Waals surface area contributed by atoms with Crippen LogP contribution in [0.1, 0.15) is 35.3 Å². The molecule has 2 aliphatic rings. The van der Waals surface area contributed by atoms with Crippen LogP contribution in [0.25, 0.3) is 0 Å². The second kappa shape index (κ2) is 7.85. The Hall–Kier alpha value is -1.77. The van der Waals surface area contributed by atoms with Gasteiger partial charge in [0, 0.05) is 51.0 Å². The minimum atomic E-state index is -0.284. The van der Waals surface area contributed by atoms with Crippen LogP contribution in [0.5, 0.6) is 0 Å². The monoisotopic (exact) mass is 375 g/mol. The van der Waals surface area contributed by atoms with E-state index in [1.54, 1.807) is 17.5 Å². The average molecular weight is 375 g/mol. The van der Waals surface area contributed by atoms with E-state index in [0.717, 1.165) is 62.1 Å². The molecule has 0 spiro atoms. The van der Waals surface area contributed by atoms with E-state index in [-0.39, 0.29) is 11.9 Å². The van der Waals surface area contributed by atoms with Gasteiger partial charge in [0.2, 0.25) is 5.91 Å². The second-order valence-corrected chi connectivity index (χ2v) is 8.17. The third-order valence-corrected chi connectivity index (χ3v) is 5.95. The lowest BCUT2D eigenvalue weighted by atomic mass is 10.0. The fraction of sp³-hybridized carbons (Fsp3) is 0.611. The van der Waals surface area contributed by atoms with Crippen molar-refractivity contribution < 1.29 is 9.53 Å². The number of nitrogens with one attached hydrogen (secondary N) is 1. The molecule has 2 aliphatic heterocycles. The van der Waals surface area contributed by atoms with Gasteiger partial charge in [-0.3, -0.25) is 14.4 Å². The highest BCUT2D eigenvalue weighted by Crippen LogP contribution is 2.23. The maximum absolute atomic E-state index is 12.9. The van der Waals surface area contributed by atoms with E-state index < -0.39 is 0 Å². The first-order valence-corrected chi connectivity index (χ1v) is 10.1. The maximum atomic E-state index is 12.9. The number of ether oxygens (including phenoxy) is 1. The first-order chi connectivity index (χ1) is 12.7. The molecule has 8 heteroatoms. The van der Waals surface area contributed by atoms with Gasteiger partial charge in [-0.15, -0.1) is 11.3 Å². The quantitative estimate of drug-likeness (QED) is 0.862. The van der Waals surface area contributed by atoms with Gasteiger partial charge in [-0.25, -0.2) is 4.98 Å². The summed E-state index contributed by atoms with van der Waals surface area (Å²) in [7, 11) is 0. The average Bonchev–Trinajstić information content (AvgIpc) is 3.28. The molecule has 7 nitrogen and oxygen atoms in total. The Kier molecular flexibility index (Phi) is 5.33. The number of hydrogen-bond acceptors (Lipinski definition) is 6. The smallest absolute Gasteiger partial charge is 0.246 e. The molecule has 0 unspecified atom stereocenters. The molecule has 0 radical (unpaired) electrons. The molecule has 4 rings (SSSR count). The van der Waals surface area contributed by atoms with Gasteiger partial charge >= 0.3 is 0 Å². The fourth-order valence-corrected chi connectivity index (χ4v) is 4.30. The minimum absolute atomic E-state index is 0.0561. The molecule has 1 saturated heterocycles. The van der Waals surface area contributed by atoms with E-state index in [0.29, 0.717) is 12.5 Å². The summed E-state index contributed by atoms with van der Waals surface area (Å²) in [5.74, 6) is 0.572. The SMILES string of the molecule is Cc1nc(CN2Cc3ccnn3[C@H](C(=O)NCC3CCOCC3)C2)cs1. The molecule has 2 aromatic heterocycles. The number of aryl methyl sites for hydroxylation is 1. The summed E-state index contributed by atoms with van der Waals surface area (Å²) in [6.07, 6.45) is 3.82. The van der Waals surface area contributed by atoms with Crippen LogP contribution in [0.2, 0.25) is 0 Å². The lowest BCUT2D eigenvalue weighted by molar-refractivity contribution is -0.126. The number of hydrogen-bond donors (Lipinski definition) is 1. The van der Waals surface area contributed by atoms with Gasteiger partial charge in [0.15, 0.2) is 0 Å². The highest BCUT2D eigenvalue weighted by atomic mass is 32.1. The third kappa shape index (κ3) is 3.97. The van der Waals surface area contributed by atoms with Gasteiger partial charge in [0.1, 0.15) is 6.04 Å². The molecule has 4 heterocycles. The topological polar surface area (TPSA) is 72.3 Å². The largest absolute Gasteiger partial charge is 0.381 e. The van der Waals surface area contributed by atoms with Crippen molar-refractivity contribution in [2.24, 2.45) is 5.92 Å². The van der Waals surface area contributed by atoms with Crippen molar-refractivity contribution in [2.75, 3.05) is 26.3 Å². The standard InChI is InChI=1S/C18H25N5O2S/c1-13-21-15(12-26-13)9-22-10-16-2-5-20-23(16)17(11-22)18(24)19-8-14-3-6-25-7-4-14/h2,5,12,14,17H,3-4,6-11H2,1H3,(H,19,24)/t17-/m0/s1. The van der Waals surface area contributed by atoms with E-state index >= 15 is 0 Å². The predicted molar refractivity (Wildman–Crippen MR) is 98.8 cm³/mol. The molecule has 26 heavy (non-hydrogen) atoms. The number of aromatic nitrogens is 3. The van der Waals surface area contributed by atoms with Crippen molar-refractivity contribution in [3.05, 3.63) is 34.0 Å². The first-order valence-electron chi connectivity index (χ1n) is 9.20. The summed E-state index contributed by atoms with van der Waals surface area (Å²) in [5.41, 5.74) is 2.15. The van der Waals surface area contributed by atoms with E-state index in [9.17, 15) is 4.79 Å². The van der Waals surface area contributed by atoms with Crippen LogP contribution in [0.15, 0.2) is 17.6 Å². The Morgan fingerprint density at radius 1 is 1.42 bits per heavy atom. The van der Waals surface area contributed by atoms with E-state index in [4.69, 9.17) is 4.74 Å². The summed E-state index contributed by atoms with van der Waals surface area (Å²) < 4.78 is 7.27. The lowest BCUT2D eigenvalue weighted by Crippen LogP contribution is -2.46. The van der Waals surface area contributed by atoms with Gasteiger partial charge in [0.05, 0.1) is 16.4 Å². The summed E-state index contributed by atoms with van der Waals surface area (Å²) in [4.78, 5) is 19.7. The van der Waals surface area contributed by atoms with Crippen LogP contribution in [-0.2, 0) is 22.6 Å². The van der Waals surface area contributed by atoms with Crippen LogP contribution < -0.4 is 5.32 Å². The van der Waals surface area contributed by atoms with Crippen molar-refractivity contribution in [3.63, 3.8) is 0 Å². The molecule has 2 aromatic rings. The molecule has 0 aliphatic carbocycles. The summed E-state index contributed by atoms with van der Waals surface area (Å²) in [5, 5.41) is 10.7. The van der Waals surface area contributed by atoms with Crippen LogP contribution >= 0.6 is 11.3 Å². The van der Waals surface area contributed by atoms with Gasteiger partial charge < -0.3 is 10.1 Å². The summed E-state index contributed by atoms with van der Waals surface area (Å²) >= 11 is 1.67. The number of carbonyl (C=O) groups excluding carboxylic acids is 1. The van der Waals surface area contributed by atoms with Crippen LogP contribution in [0.3, 0.4) is 0 Å². The van der Waals surface area contributed by atoms with Crippen molar-refractivity contribution in [1.29, 1.82) is 0 Å². The third-order valence-electron chi connectivity index (χ3n) is 5.12. The molecule has 140 valence electrons. The van der Waals surface area contributed by atoms with Crippen LogP contribution in [-0.4, -0.2) is 51.9 Å². The number of carbonyl (C=O) groups is 1. The zero-order valence-corrected chi connectivity index (χ0v) is 15.9. The van der Waals surface area contributed by atoms with Gasteiger partial charge in [-0.1, -0.05) is 0 Å². The molecule has 0 bridgehead atoms. The van der Waals surface area contributed by atoms with Crippen molar-refractivity contribution in [3.8, 4) is 0 Å².